The average Bonchev–Trinajstić information content (AvgIpc) is 3.78. The van der Waals surface area contributed by atoms with Gasteiger partial charge < -0.3 is 12.8 Å². The number of hydrogen-bond acceptors (Lipinski definition) is 0. The van der Waals surface area contributed by atoms with E-state index in [2.05, 4.69) is 258 Å². The molecule has 0 spiro atoms. The average molecular weight is 1330 g/mol. The molecule has 1 unspecified atom stereocenters. The summed E-state index contributed by atoms with van der Waals surface area (Å²) in [6, 6.07) is 70.2. The smallest absolute Gasteiger partial charge is 0.366 e. The molecule has 4 heteroatoms. The molecule has 11 rings (SSSR count). The van der Waals surface area contributed by atoms with E-state index in [0.717, 1.165) is 24.0 Å². The fourth-order valence-corrected chi connectivity index (χ4v) is 16.1. The van der Waals surface area contributed by atoms with E-state index in [9.17, 15) is 0 Å². The van der Waals surface area contributed by atoms with Crippen LogP contribution in [0.3, 0.4) is 0 Å². The third-order valence-corrected chi connectivity index (χ3v) is 19.6. The zero-order valence-electron chi connectivity index (χ0n) is 41.2. The van der Waals surface area contributed by atoms with E-state index in [0.29, 0.717) is 0 Å². The van der Waals surface area contributed by atoms with Gasteiger partial charge in [0.15, 0.2) is 0 Å². The molecule has 0 radical (unpaired) electrons. The molecule has 0 amide bonds. The van der Waals surface area contributed by atoms with Crippen molar-refractivity contribution >= 4 is 58.7 Å². The van der Waals surface area contributed by atoms with Crippen LogP contribution in [0.25, 0.3) is 27.5 Å². The second-order valence-corrected chi connectivity index (χ2v) is 23.7. The van der Waals surface area contributed by atoms with Gasteiger partial charge in [0, 0.05) is 10.8 Å². The minimum atomic E-state index is -1.23. The van der Waals surface area contributed by atoms with Gasteiger partial charge in [-0.25, -0.2) is 0 Å². The summed E-state index contributed by atoms with van der Waals surface area (Å²) >= 11 is 0. The Morgan fingerprint density at radius 2 is 1.00 bits per heavy atom. The second-order valence-electron chi connectivity index (χ2n) is 19.0. The van der Waals surface area contributed by atoms with Crippen molar-refractivity contribution in [1.29, 1.82) is 0 Å². The first-order valence-corrected chi connectivity index (χ1v) is 27.2. The van der Waals surface area contributed by atoms with Gasteiger partial charge in [0.2, 0.25) is 0 Å². The summed E-state index contributed by atoms with van der Waals surface area (Å²) in [6.07, 6.45) is 26.8. The Morgan fingerprint density at radius 3 is 1.58 bits per heavy atom. The van der Waals surface area contributed by atoms with E-state index in [1.165, 1.54) is 81.8 Å². The largest absolute Gasteiger partial charge is 1.00 e. The maximum Gasteiger partial charge on any atom is 1.00 e. The number of allylic oxidation sites excluding steroid dienone is 8. The molecule has 0 nitrogen and oxygen atoms in total. The van der Waals surface area contributed by atoms with Crippen LogP contribution in [0.5, 0.6) is 0 Å². The quantitative estimate of drug-likeness (QED) is 0.0468. The predicted octanol–water partition coefficient (Wildman–Crippen LogP) is 14.7. The molecule has 8 aromatic rings. The molecule has 360 valence electrons. The van der Waals surface area contributed by atoms with Crippen molar-refractivity contribution in [2.24, 2.45) is 0 Å². The van der Waals surface area contributed by atoms with Crippen LogP contribution in [-0.4, -0.2) is 0 Å². The van der Waals surface area contributed by atoms with Crippen molar-refractivity contribution in [1.82, 2.24) is 0 Å². The van der Waals surface area contributed by atoms with Crippen molar-refractivity contribution in [2.75, 3.05) is 0 Å². The monoisotopic (exact) mass is 1330 g/mol. The molecule has 8 aromatic carbocycles. The summed E-state index contributed by atoms with van der Waals surface area (Å²) in [5.74, 6) is 7.44. The van der Waals surface area contributed by atoms with Gasteiger partial charge in [-0.1, -0.05) is 198 Å². The van der Waals surface area contributed by atoms with Crippen LogP contribution < -0.4 is 26.5 Å². The van der Waals surface area contributed by atoms with Gasteiger partial charge in [0.05, 0.1) is 13.7 Å². The minimum absolute atomic E-state index is 0. The minimum Gasteiger partial charge on any atom is -0.366 e. The maximum atomic E-state index is 7.30. The van der Waals surface area contributed by atoms with Crippen molar-refractivity contribution in [3.05, 3.63) is 289 Å². The van der Waals surface area contributed by atoms with E-state index in [1.54, 1.807) is 0 Å². The maximum absolute atomic E-state index is 7.30. The Morgan fingerprint density at radius 1 is 0.486 bits per heavy atom. The molecule has 3 aliphatic carbocycles. The number of fused-ring (bicyclic) bond motifs is 6. The van der Waals surface area contributed by atoms with Crippen LogP contribution >= 0.6 is 15.8 Å². The molecule has 0 saturated carbocycles. The van der Waals surface area contributed by atoms with Gasteiger partial charge >= 0.3 is 44.8 Å². The summed E-state index contributed by atoms with van der Waals surface area (Å²) in [7, 11) is -2.43. The molecule has 0 fully saturated rings. The Kier molecular flexibility index (Phi) is 18.2. The van der Waals surface area contributed by atoms with E-state index in [4.69, 9.17) is 12.8 Å². The van der Waals surface area contributed by atoms with Crippen LogP contribution in [0, 0.1) is 24.7 Å². The van der Waals surface area contributed by atoms with Gasteiger partial charge in [-0.2, -0.15) is 0 Å². The zero-order chi connectivity index (χ0) is 48.7. The van der Waals surface area contributed by atoms with Gasteiger partial charge in [0.1, 0.15) is 34.4 Å². The number of benzene rings is 8. The topological polar surface area (TPSA) is 0 Å². The zero-order valence-corrected chi connectivity index (χ0v) is 47.5. The Hall–Kier alpha value is -5.82. The van der Waals surface area contributed by atoms with Gasteiger partial charge in [-0.15, -0.1) is 29.3 Å². The number of rotatable bonds is 8. The molecule has 0 N–H and O–H groups in total. The van der Waals surface area contributed by atoms with Crippen molar-refractivity contribution < 1.29 is 44.8 Å². The van der Waals surface area contributed by atoms with Crippen LogP contribution in [-0.2, 0) is 55.6 Å². The molecule has 3 aliphatic rings. The molecule has 0 heterocycles. The fraction of sp³-hybridized carbons (Fsp3) is 0.118. The molecule has 0 bridgehead atoms. The molecule has 0 aliphatic heterocycles. The van der Waals surface area contributed by atoms with Gasteiger partial charge in [0.25, 0.3) is 0 Å². The molecule has 0 aromatic heterocycles. The summed E-state index contributed by atoms with van der Waals surface area (Å²) in [5.41, 5.74) is 13.0. The van der Waals surface area contributed by atoms with Crippen LogP contribution in [0.4, 0.5) is 0 Å². The Bertz CT molecular complexity index is 3380. The SMILES string of the molecule is C=C/C=C\C=C\[PH+](c1ccccc1)c1cc2ccccc2cc1[PH+](c1ccccc1)c1ccccc1.[Au+].[Au+].[C-]#CC1=CC2=C(CC1)c1ccccc1C2(C)C.[C-]#Cc1ccc2c(c1)-c1ccccc1C2(C)C. The van der Waals surface area contributed by atoms with Crippen molar-refractivity contribution in [3.63, 3.8) is 0 Å². The summed E-state index contributed by atoms with van der Waals surface area (Å²) < 4.78 is 0. The first-order valence-electron chi connectivity index (χ1n) is 24.2. The first kappa shape index (κ1) is 54.0. The van der Waals surface area contributed by atoms with E-state index < -0.39 is 15.8 Å². The van der Waals surface area contributed by atoms with Crippen molar-refractivity contribution in [2.45, 2.75) is 51.4 Å². The molecule has 0 saturated heterocycles. The van der Waals surface area contributed by atoms with E-state index >= 15 is 0 Å². The molecular weight excluding hydrogens is 1270 g/mol. The van der Waals surface area contributed by atoms with Crippen LogP contribution in [0.1, 0.15) is 68.4 Å². The standard InChI is InChI=1S/C34H28P2.C17H13.C17H15.2Au/c1-2-3-4-16-25-35(30-19-8-5-9-20-30)33-26-28-17-14-15-18-29(28)27-34(33)36(31-21-10-6-11-22-31)32-23-12-7-13-24-32;1-4-12-9-10-16-14(11-12)13-7-5-6-8-15(13)17(16,2)3;1-4-12-9-10-14-13-7-5-6-8-15(13)17(2,3)16(14)11-12;;/h2-27H,1H2;5-11H,2-3H3;5-8,11H,9-10H2,2-3H3;;/q;2*-1;2*+1/p+2/b4-3-,25-16+;;;;. The Balaban J connectivity index is 0.000000176. The molecule has 1 atom stereocenters. The molecule has 72 heavy (non-hydrogen) atoms. The summed E-state index contributed by atoms with van der Waals surface area (Å²) in [4.78, 5) is 0. The van der Waals surface area contributed by atoms with Crippen LogP contribution in [0.2, 0.25) is 0 Å². The van der Waals surface area contributed by atoms with Crippen LogP contribution in [0.15, 0.2) is 248 Å². The first-order chi connectivity index (χ1) is 34.1. The van der Waals surface area contributed by atoms with Gasteiger partial charge in [-0.05, 0) is 111 Å². The molecular formula is C68H58Au2P2+2. The fourth-order valence-electron chi connectivity index (χ4n) is 10.5. The number of hydrogen-bond donors (Lipinski definition) is 0. The Labute approximate surface area is 462 Å². The summed E-state index contributed by atoms with van der Waals surface area (Å²) in [6.45, 7) is 12.9. The van der Waals surface area contributed by atoms with E-state index in [1.807, 2.05) is 18.2 Å². The van der Waals surface area contributed by atoms with E-state index in [-0.39, 0.29) is 55.6 Å². The van der Waals surface area contributed by atoms with Gasteiger partial charge in [-0.3, -0.25) is 11.8 Å². The normalized spacial score (nSPS) is 14.6. The summed E-state index contributed by atoms with van der Waals surface area (Å²) in [5, 5.41) is 9.76. The van der Waals surface area contributed by atoms with Crippen molar-refractivity contribution in [3.8, 4) is 23.0 Å². The third kappa shape index (κ3) is 11.2. The second kappa shape index (κ2) is 24.3. The predicted molar refractivity (Wildman–Crippen MR) is 308 cm³/mol. The third-order valence-electron chi connectivity index (χ3n) is 14.1.